The highest BCUT2D eigenvalue weighted by Crippen LogP contribution is 2.16. The Hall–Kier alpha value is -0.680. The highest BCUT2D eigenvalue weighted by Gasteiger charge is 2.06. The lowest BCUT2D eigenvalue weighted by atomic mass is 10.1. The highest BCUT2D eigenvalue weighted by atomic mass is 79.9. The monoisotopic (exact) mass is 317 g/mol. The van der Waals surface area contributed by atoms with Crippen LogP contribution in [0.3, 0.4) is 0 Å². The smallest absolute Gasteiger partial charge is 0.251 e. The Bertz CT molecular complexity index is 435. The fourth-order valence-electron chi connectivity index (χ4n) is 1.37. The molecule has 0 saturated heterocycles. The fraction of sp³-hybridized carbons (Fsp3) is 0.417. The molecule has 0 bridgehead atoms. The molecule has 94 valence electrons. The van der Waals surface area contributed by atoms with Gasteiger partial charge in [-0.2, -0.15) is 0 Å². The van der Waals surface area contributed by atoms with Crippen molar-refractivity contribution >= 4 is 32.6 Å². The lowest BCUT2D eigenvalue weighted by Gasteiger charge is -2.06. The van der Waals surface area contributed by atoms with Crippen molar-refractivity contribution in [2.75, 3.05) is 18.6 Å². The van der Waals surface area contributed by atoms with Crippen molar-refractivity contribution in [2.24, 2.45) is 0 Å². The quantitative estimate of drug-likeness (QED) is 0.847. The Balaban J connectivity index is 2.47. The van der Waals surface area contributed by atoms with Crippen LogP contribution in [-0.2, 0) is 10.8 Å². The van der Waals surface area contributed by atoms with Crippen LogP contribution in [0.4, 0.5) is 0 Å². The van der Waals surface area contributed by atoms with Gasteiger partial charge in [0.25, 0.3) is 5.91 Å². The molecule has 0 spiro atoms. The summed E-state index contributed by atoms with van der Waals surface area (Å²) in [4.78, 5) is 11.8. The van der Waals surface area contributed by atoms with Gasteiger partial charge in [-0.15, -0.1) is 0 Å². The molecule has 0 aliphatic rings. The Labute approximate surface area is 113 Å². The molecule has 1 atom stereocenters. The number of benzene rings is 1. The zero-order chi connectivity index (χ0) is 12.8. The van der Waals surface area contributed by atoms with Crippen molar-refractivity contribution in [2.45, 2.75) is 13.3 Å². The highest BCUT2D eigenvalue weighted by molar-refractivity contribution is 9.10. The predicted molar refractivity (Wildman–Crippen MR) is 74.8 cm³/mol. The first-order valence-corrected chi connectivity index (χ1v) is 7.87. The van der Waals surface area contributed by atoms with Crippen molar-refractivity contribution in [3.8, 4) is 0 Å². The summed E-state index contributed by atoms with van der Waals surface area (Å²) in [5.41, 5.74) is 1.69. The summed E-state index contributed by atoms with van der Waals surface area (Å²) < 4.78 is 11.8. The maximum atomic E-state index is 11.8. The molecule has 0 fully saturated rings. The molecule has 1 aromatic rings. The second-order valence-corrected chi connectivity index (χ2v) is 6.26. The minimum Gasteiger partial charge on any atom is -0.352 e. The number of rotatable bonds is 5. The summed E-state index contributed by atoms with van der Waals surface area (Å²) in [6.07, 6.45) is 2.41. The van der Waals surface area contributed by atoms with Crippen LogP contribution in [0.15, 0.2) is 22.7 Å². The van der Waals surface area contributed by atoms with Crippen LogP contribution in [0.25, 0.3) is 0 Å². The first kappa shape index (κ1) is 14.4. The van der Waals surface area contributed by atoms with Gasteiger partial charge in [-0.1, -0.05) is 15.9 Å². The minimum absolute atomic E-state index is 0.0810. The molecular weight excluding hydrogens is 302 g/mol. The van der Waals surface area contributed by atoms with Gasteiger partial charge in [0.2, 0.25) is 0 Å². The largest absolute Gasteiger partial charge is 0.352 e. The topological polar surface area (TPSA) is 46.2 Å². The van der Waals surface area contributed by atoms with Crippen molar-refractivity contribution in [1.29, 1.82) is 0 Å². The average molecular weight is 318 g/mol. The molecular formula is C12H16BrNO2S. The summed E-state index contributed by atoms with van der Waals surface area (Å²) in [6, 6.07) is 5.49. The van der Waals surface area contributed by atoms with Crippen LogP contribution in [0.2, 0.25) is 0 Å². The second kappa shape index (κ2) is 6.91. The van der Waals surface area contributed by atoms with Gasteiger partial charge in [-0.3, -0.25) is 9.00 Å². The Morgan fingerprint density at radius 3 is 2.76 bits per heavy atom. The van der Waals surface area contributed by atoms with Crippen LogP contribution < -0.4 is 5.32 Å². The van der Waals surface area contributed by atoms with E-state index in [1.807, 2.05) is 19.1 Å². The second-order valence-electron chi connectivity index (χ2n) is 3.85. The summed E-state index contributed by atoms with van der Waals surface area (Å²) in [5, 5.41) is 2.81. The number of nitrogens with one attached hydrogen (secondary N) is 1. The predicted octanol–water partition coefficient (Wildman–Crippen LogP) is 2.26. The van der Waals surface area contributed by atoms with Gasteiger partial charge in [0, 0.05) is 39.4 Å². The molecule has 0 aliphatic carbocycles. The summed E-state index contributed by atoms with van der Waals surface area (Å²) in [7, 11) is -0.789. The zero-order valence-corrected chi connectivity index (χ0v) is 12.4. The summed E-state index contributed by atoms with van der Waals surface area (Å²) >= 11 is 3.39. The third-order valence-corrected chi connectivity index (χ3v) is 4.07. The van der Waals surface area contributed by atoms with E-state index < -0.39 is 10.8 Å². The molecule has 0 aliphatic heterocycles. The SMILES string of the molecule is Cc1cc(C(=O)NCCCS(C)=O)ccc1Br. The van der Waals surface area contributed by atoms with E-state index in [2.05, 4.69) is 21.2 Å². The minimum atomic E-state index is -0.789. The molecule has 1 rings (SSSR count). The Morgan fingerprint density at radius 1 is 1.47 bits per heavy atom. The number of aryl methyl sites for hydroxylation is 1. The molecule has 3 nitrogen and oxygen atoms in total. The number of halogens is 1. The van der Waals surface area contributed by atoms with Crippen molar-refractivity contribution < 1.29 is 9.00 Å². The van der Waals surface area contributed by atoms with Crippen LogP contribution >= 0.6 is 15.9 Å². The van der Waals surface area contributed by atoms with Gasteiger partial charge in [-0.05, 0) is 37.1 Å². The van der Waals surface area contributed by atoms with Crippen LogP contribution in [-0.4, -0.2) is 28.7 Å². The third kappa shape index (κ3) is 5.00. The number of carbonyl (C=O) groups excluding carboxylic acids is 1. The lowest BCUT2D eigenvalue weighted by Crippen LogP contribution is -2.25. The van der Waals surface area contributed by atoms with E-state index in [1.54, 1.807) is 12.3 Å². The summed E-state index contributed by atoms with van der Waals surface area (Å²) in [6.45, 7) is 2.51. The molecule has 0 saturated carbocycles. The van der Waals surface area contributed by atoms with Crippen LogP contribution in [0.5, 0.6) is 0 Å². The van der Waals surface area contributed by atoms with Crippen LogP contribution in [0, 0.1) is 6.92 Å². The van der Waals surface area contributed by atoms with Crippen molar-refractivity contribution in [3.05, 3.63) is 33.8 Å². The lowest BCUT2D eigenvalue weighted by molar-refractivity contribution is 0.0953. The van der Waals surface area contributed by atoms with E-state index in [0.717, 1.165) is 16.5 Å². The number of amides is 1. The van der Waals surface area contributed by atoms with Crippen molar-refractivity contribution in [1.82, 2.24) is 5.32 Å². The summed E-state index contributed by atoms with van der Waals surface area (Å²) in [5.74, 6) is 0.544. The van der Waals surface area contributed by atoms with Crippen molar-refractivity contribution in [3.63, 3.8) is 0 Å². The molecule has 5 heteroatoms. The standard InChI is InChI=1S/C12H16BrNO2S/c1-9-8-10(4-5-11(9)13)12(15)14-6-3-7-17(2)16/h4-5,8H,3,6-7H2,1-2H3,(H,14,15). The fourth-order valence-corrected chi connectivity index (χ4v) is 2.16. The number of carbonyl (C=O) groups is 1. The number of hydrogen-bond acceptors (Lipinski definition) is 2. The van der Waals surface area contributed by atoms with E-state index in [-0.39, 0.29) is 5.91 Å². The van der Waals surface area contributed by atoms with Gasteiger partial charge < -0.3 is 5.32 Å². The van der Waals surface area contributed by atoms with Gasteiger partial charge in [0.1, 0.15) is 0 Å². The first-order chi connectivity index (χ1) is 8.00. The van der Waals surface area contributed by atoms with E-state index in [4.69, 9.17) is 0 Å². The molecule has 0 radical (unpaired) electrons. The molecule has 0 aromatic heterocycles. The maximum absolute atomic E-state index is 11.8. The molecule has 0 heterocycles. The zero-order valence-electron chi connectivity index (χ0n) is 9.96. The van der Waals surface area contributed by atoms with E-state index in [9.17, 15) is 9.00 Å². The normalized spacial score (nSPS) is 12.2. The molecule has 1 N–H and O–H groups in total. The molecule has 1 unspecified atom stereocenters. The molecule has 1 amide bonds. The average Bonchev–Trinajstić information content (AvgIpc) is 2.27. The van der Waals surface area contributed by atoms with E-state index in [1.165, 1.54) is 0 Å². The van der Waals surface area contributed by atoms with Gasteiger partial charge in [-0.25, -0.2) is 0 Å². The Morgan fingerprint density at radius 2 is 2.18 bits per heavy atom. The van der Waals surface area contributed by atoms with Gasteiger partial charge >= 0.3 is 0 Å². The van der Waals surface area contributed by atoms with Crippen LogP contribution in [0.1, 0.15) is 22.3 Å². The van der Waals surface area contributed by atoms with Gasteiger partial charge in [0.05, 0.1) is 0 Å². The first-order valence-electron chi connectivity index (χ1n) is 5.35. The third-order valence-electron chi connectivity index (χ3n) is 2.31. The Kier molecular flexibility index (Phi) is 5.85. The molecule has 1 aromatic carbocycles. The molecule has 17 heavy (non-hydrogen) atoms. The van der Waals surface area contributed by atoms with E-state index in [0.29, 0.717) is 17.9 Å². The number of hydrogen-bond donors (Lipinski definition) is 1. The van der Waals surface area contributed by atoms with Gasteiger partial charge in [0.15, 0.2) is 0 Å². The van der Waals surface area contributed by atoms with E-state index >= 15 is 0 Å². The maximum Gasteiger partial charge on any atom is 0.251 e.